The number of anilines is 1. The van der Waals surface area contributed by atoms with Gasteiger partial charge in [-0.05, 0) is 45.8 Å². The van der Waals surface area contributed by atoms with Crippen molar-refractivity contribution in [2.24, 2.45) is 5.73 Å². The minimum absolute atomic E-state index is 0.445. The molecule has 0 saturated carbocycles. The number of carbonyl (C=O) groups excluding carboxylic acids is 1. The van der Waals surface area contributed by atoms with Gasteiger partial charge in [-0.25, -0.2) is 0 Å². The van der Waals surface area contributed by atoms with E-state index in [1.54, 1.807) is 37.4 Å². The van der Waals surface area contributed by atoms with Gasteiger partial charge in [-0.3, -0.25) is 4.79 Å². The topological polar surface area (TPSA) is 64.3 Å². The lowest BCUT2D eigenvalue weighted by atomic mass is 10.1. The zero-order chi connectivity index (χ0) is 15.4. The Morgan fingerprint density at radius 3 is 2.81 bits per heavy atom. The van der Waals surface area contributed by atoms with Gasteiger partial charge in [-0.2, -0.15) is 0 Å². The third kappa shape index (κ3) is 3.89. The number of halogens is 2. The predicted octanol–water partition coefficient (Wildman–Crippen LogP) is 3.82. The fraction of sp³-hybridized carbons (Fsp3) is 0.133. The number of ether oxygens (including phenoxy) is 1. The second-order valence-corrected chi connectivity index (χ2v) is 5.68. The molecule has 0 radical (unpaired) electrons. The first kappa shape index (κ1) is 15.7. The molecule has 0 aliphatic heterocycles. The summed E-state index contributed by atoms with van der Waals surface area (Å²) in [5.74, 6) is 0.227. The average molecular weight is 370 g/mol. The Hall–Kier alpha value is -1.72. The summed E-state index contributed by atoms with van der Waals surface area (Å²) in [4.78, 5) is 11.2. The van der Waals surface area contributed by atoms with Crippen molar-refractivity contribution in [3.8, 4) is 5.75 Å². The summed E-state index contributed by atoms with van der Waals surface area (Å²) >= 11 is 9.45. The van der Waals surface area contributed by atoms with Crippen molar-refractivity contribution < 1.29 is 9.53 Å². The molecule has 110 valence electrons. The van der Waals surface area contributed by atoms with Crippen LogP contribution in [0.3, 0.4) is 0 Å². The number of methoxy groups -OCH3 is 1. The monoisotopic (exact) mass is 368 g/mol. The first-order valence-corrected chi connectivity index (χ1v) is 7.34. The minimum Gasteiger partial charge on any atom is -0.493 e. The van der Waals surface area contributed by atoms with Gasteiger partial charge < -0.3 is 15.8 Å². The third-order valence-electron chi connectivity index (χ3n) is 2.91. The van der Waals surface area contributed by atoms with Crippen molar-refractivity contribution in [1.29, 1.82) is 0 Å². The number of hydrogen-bond acceptors (Lipinski definition) is 3. The highest BCUT2D eigenvalue weighted by Crippen LogP contribution is 2.36. The summed E-state index contributed by atoms with van der Waals surface area (Å²) in [6, 6.07) is 10.7. The molecule has 0 fully saturated rings. The molecule has 4 nitrogen and oxygen atoms in total. The molecule has 0 atom stereocenters. The van der Waals surface area contributed by atoms with Gasteiger partial charge in [-0.1, -0.05) is 23.7 Å². The third-order valence-corrected chi connectivity index (χ3v) is 3.71. The molecule has 0 aliphatic rings. The quantitative estimate of drug-likeness (QED) is 0.842. The van der Waals surface area contributed by atoms with Crippen LogP contribution in [0.4, 0.5) is 5.69 Å². The standard InChI is InChI=1S/C15H14BrClN2O2/c1-21-14-12(16)6-11(17)7-13(14)19-8-9-3-2-4-10(5-9)15(18)20/h2-7,19H,8H2,1H3,(H2,18,20). The van der Waals surface area contributed by atoms with E-state index < -0.39 is 5.91 Å². The number of carbonyl (C=O) groups is 1. The summed E-state index contributed by atoms with van der Waals surface area (Å²) in [5, 5.41) is 3.83. The van der Waals surface area contributed by atoms with Crippen LogP contribution in [-0.2, 0) is 6.54 Å². The average Bonchev–Trinajstić information content (AvgIpc) is 2.45. The predicted molar refractivity (Wildman–Crippen MR) is 88.0 cm³/mol. The minimum atomic E-state index is -0.445. The van der Waals surface area contributed by atoms with Crippen LogP contribution < -0.4 is 15.8 Å². The highest BCUT2D eigenvalue weighted by molar-refractivity contribution is 9.10. The second-order valence-electron chi connectivity index (χ2n) is 4.39. The van der Waals surface area contributed by atoms with Gasteiger partial charge in [0.05, 0.1) is 17.3 Å². The number of amides is 1. The fourth-order valence-corrected chi connectivity index (χ4v) is 2.90. The van der Waals surface area contributed by atoms with Gasteiger partial charge in [-0.15, -0.1) is 0 Å². The van der Waals surface area contributed by atoms with Crippen molar-refractivity contribution in [2.75, 3.05) is 12.4 Å². The smallest absolute Gasteiger partial charge is 0.248 e. The second kappa shape index (κ2) is 6.83. The Morgan fingerprint density at radius 1 is 1.38 bits per heavy atom. The number of hydrogen-bond donors (Lipinski definition) is 2. The van der Waals surface area contributed by atoms with Gasteiger partial charge in [0.2, 0.25) is 5.91 Å². The number of primary amides is 1. The fourth-order valence-electron chi connectivity index (χ4n) is 1.93. The molecule has 21 heavy (non-hydrogen) atoms. The molecule has 1 amide bonds. The van der Waals surface area contributed by atoms with E-state index >= 15 is 0 Å². The molecule has 0 spiro atoms. The Morgan fingerprint density at radius 2 is 2.14 bits per heavy atom. The zero-order valence-corrected chi connectivity index (χ0v) is 13.7. The van der Waals surface area contributed by atoms with Gasteiger partial charge in [0, 0.05) is 17.1 Å². The van der Waals surface area contributed by atoms with Crippen LogP contribution in [0.5, 0.6) is 5.75 Å². The molecule has 0 bridgehead atoms. The molecule has 0 heterocycles. The van der Waals surface area contributed by atoms with Crippen molar-refractivity contribution >= 4 is 39.1 Å². The molecule has 2 aromatic carbocycles. The Bertz CT molecular complexity index is 677. The van der Waals surface area contributed by atoms with E-state index in [0.717, 1.165) is 15.7 Å². The van der Waals surface area contributed by atoms with Crippen LogP contribution >= 0.6 is 27.5 Å². The van der Waals surface area contributed by atoms with Gasteiger partial charge in [0.15, 0.2) is 5.75 Å². The van der Waals surface area contributed by atoms with Gasteiger partial charge in [0.25, 0.3) is 0 Å². The lowest BCUT2D eigenvalue weighted by Crippen LogP contribution is -2.11. The first-order chi connectivity index (χ1) is 10.0. The highest BCUT2D eigenvalue weighted by atomic mass is 79.9. The highest BCUT2D eigenvalue weighted by Gasteiger charge is 2.09. The maximum atomic E-state index is 11.2. The number of nitrogens with two attached hydrogens (primary N) is 1. The molecule has 2 aromatic rings. The number of rotatable bonds is 5. The van der Waals surface area contributed by atoms with Crippen LogP contribution in [-0.4, -0.2) is 13.0 Å². The lowest BCUT2D eigenvalue weighted by Gasteiger charge is -2.13. The molecular formula is C15H14BrClN2O2. The van der Waals surface area contributed by atoms with E-state index in [0.29, 0.717) is 22.9 Å². The summed E-state index contributed by atoms with van der Waals surface area (Å²) in [6.07, 6.45) is 0. The Kier molecular flexibility index (Phi) is 5.09. The van der Waals surface area contributed by atoms with Gasteiger partial charge in [0.1, 0.15) is 0 Å². The molecular weight excluding hydrogens is 356 g/mol. The summed E-state index contributed by atoms with van der Waals surface area (Å²) in [5.41, 5.74) is 7.45. The summed E-state index contributed by atoms with van der Waals surface area (Å²) in [6.45, 7) is 0.518. The van der Waals surface area contributed by atoms with E-state index in [9.17, 15) is 4.79 Å². The van der Waals surface area contributed by atoms with E-state index in [4.69, 9.17) is 22.1 Å². The normalized spacial score (nSPS) is 10.2. The maximum absolute atomic E-state index is 11.2. The van der Waals surface area contributed by atoms with Crippen molar-refractivity contribution in [3.63, 3.8) is 0 Å². The van der Waals surface area contributed by atoms with Gasteiger partial charge >= 0.3 is 0 Å². The Balaban J connectivity index is 2.20. The van der Waals surface area contributed by atoms with Crippen molar-refractivity contribution in [2.45, 2.75) is 6.54 Å². The molecule has 0 aliphatic carbocycles. The van der Waals surface area contributed by atoms with E-state index in [2.05, 4.69) is 21.2 Å². The molecule has 2 rings (SSSR count). The largest absolute Gasteiger partial charge is 0.493 e. The van der Waals surface area contributed by atoms with E-state index in [1.807, 2.05) is 6.07 Å². The molecule has 0 aromatic heterocycles. The molecule has 0 saturated heterocycles. The van der Waals surface area contributed by atoms with Crippen LogP contribution in [0.1, 0.15) is 15.9 Å². The SMILES string of the molecule is COc1c(Br)cc(Cl)cc1NCc1cccc(C(N)=O)c1. The lowest BCUT2D eigenvalue weighted by molar-refractivity contribution is 0.1000. The molecule has 3 N–H and O–H groups in total. The molecule has 0 unspecified atom stereocenters. The summed E-state index contributed by atoms with van der Waals surface area (Å²) < 4.78 is 6.11. The summed E-state index contributed by atoms with van der Waals surface area (Å²) in [7, 11) is 1.59. The zero-order valence-electron chi connectivity index (χ0n) is 11.3. The van der Waals surface area contributed by atoms with Crippen LogP contribution in [0, 0.1) is 0 Å². The van der Waals surface area contributed by atoms with Crippen LogP contribution in [0.25, 0.3) is 0 Å². The van der Waals surface area contributed by atoms with Crippen LogP contribution in [0.15, 0.2) is 40.9 Å². The van der Waals surface area contributed by atoms with Crippen molar-refractivity contribution in [3.05, 3.63) is 57.0 Å². The van der Waals surface area contributed by atoms with E-state index in [-0.39, 0.29) is 0 Å². The van der Waals surface area contributed by atoms with Crippen LogP contribution in [0.2, 0.25) is 5.02 Å². The van der Waals surface area contributed by atoms with E-state index in [1.165, 1.54) is 0 Å². The number of nitrogens with one attached hydrogen (secondary N) is 1. The van der Waals surface area contributed by atoms with Crippen molar-refractivity contribution in [1.82, 2.24) is 0 Å². The first-order valence-electron chi connectivity index (χ1n) is 6.17. The molecule has 6 heteroatoms. The Labute approximate surface area is 136 Å². The number of benzene rings is 2. The maximum Gasteiger partial charge on any atom is 0.248 e.